The summed E-state index contributed by atoms with van der Waals surface area (Å²) in [6, 6.07) is 6.64. The third-order valence-corrected chi connectivity index (χ3v) is 4.88. The van der Waals surface area contributed by atoms with Gasteiger partial charge in [-0.2, -0.15) is 0 Å². The SMILES string of the molecule is CCc1c(C)sc(NC(=S)NC(=O)c2ccc(OC)cc2)c1C(N)=O. The van der Waals surface area contributed by atoms with Gasteiger partial charge in [0.05, 0.1) is 12.7 Å². The van der Waals surface area contributed by atoms with Gasteiger partial charge in [-0.3, -0.25) is 14.9 Å². The third-order valence-electron chi connectivity index (χ3n) is 3.62. The molecule has 0 saturated heterocycles. The number of benzene rings is 1. The first-order chi connectivity index (χ1) is 11.9. The van der Waals surface area contributed by atoms with Crippen LogP contribution < -0.4 is 21.1 Å². The van der Waals surface area contributed by atoms with Gasteiger partial charge in [-0.1, -0.05) is 6.92 Å². The normalized spacial score (nSPS) is 10.2. The van der Waals surface area contributed by atoms with Crippen molar-refractivity contribution in [3.63, 3.8) is 0 Å². The number of methoxy groups -OCH3 is 1. The number of anilines is 1. The molecule has 8 heteroatoms. The maximum Gasteiger partial charge on any atom is 0.257 e. The van der Waals surface area contributed by atoms with E-state index in [1.807, 2.05) is 13.8 Å². The second kappa shape index (κ2) is 8.09. The summed E-state index contributed by atoms with van der Waals surface area (Å²) >= 11 is 6.57. The third kappa shape index (κ3) is 4.34. The molecule has 2 rings (SSSR count). The van der Waals surface area contributed by atoms with E-state index in [-0.39, 0.29) is 11.0 Å². The number of rotatable bonds is 5. The number of thiophene rings is 1. The van der Waals surface area contributed by atoms with Gasteiger partial charge in [-0.15, -0.1) is 11.3 Å². The van der Waals surface area contributed by atoms with E-state index in [0.717, 1.165) is 10.4 Å². The van der Waals surface area contributed by atoms with Gasteiger partial charge in [0, 0.05) is 10.4 Å². The number of thiocarbonyl (C=S) groups is 1. The van der Waals surface area contributed by atoms with Crippen molar-refractivity contribution in [1.82, 2.24) is 5.32 Å². The Labute approximate surface area is 155 Å². The molecule has 0 aliphatic heterocycles. The Morgan fingerprint density at radius 1 is 1.28 bits per heavy atom. The van der Waals surface area contributed by atoms with Crippen molar-refractivity contribution in [3.05, 3.63) is 45.8 Å². The average Bonchev–Trinajstić information content (AvgIpc) is 2.89. The van der Waals surface area contributed by atoms with Crippen LogP contribution in [0.15, 0.2) is 24.3 Å². The van der Waals surface area contributed by atoms with Crippen LogP contribution in [0.5, 0.6) is 5.75 Å². The summed E-state index contributed by atoms with van der Waals surface area (Å²) in [6.45, 7) is 3.87. The van der Waals surface area contributed by atoms with Crippen molar-refractivity contribution in [2.24, 2.45) is 5.73 Å². The molecule has 1 aromatic heterocycles. The van der Waals surface area contributed by atoms with Crippen LogP contribution >= 0.6 is 23.6 Å². The van der Waals surface area contributed by atoms with Crippen LogP contribution in [0.1, 0.15) is 38.1 Å². The van der Waals surface area contributed by atoms with Gasteiger partial charge in [0.25, 0.3) is 11.8 Å². The molecule has 2 amide bonds. The molecule has 4 N–H and O–H groups in total. The van der Waals surface area contributed by atoms with E-state index in [1.54, 1.807) is 31.4 Å². The van der Waals surface area contributed by atoms with E-state index >= 15 is 0 Å². The fourth-order valence-corrected chi connectivity index (χ4v) is 3.82. The van der Waals surface area contributed by atoms with Crippen LogP contribution in [0.25, 0.3) is 0 Å². The molecule has 0 spiro atoms. The average molecular weight is 377 g/mol. The van der Waals surface area contributed by atoms with Crippen LogP contribution in [-0.2, 0) is 6.42 Å². The lowest BCUT2D eigenvalue weighted by Crippen LogP contribution is -2.34. The first kappa shape index (κ1) is 18.9. The van der Waals surface area contributed by atoms with E-state index in [0.29, 0.717) is 28.3 Å². The predicted octanol–water partition coefficient (Wildman–Crippen LogP) is 2.85. The molecule has 0 atom stereocenters. The van der Waals surface area contributed by atoms with Gasteiger partial charge in [0.15, 0.2) is 5.11 Å². The molecule has 2 aromatic rings. The highest BCUT2D eigenvalue weighted by atomic mass is 32.1. The summed E-state index contributed by atoms with van der Waals surface area (Å²) in [6.07, 6.45) is 0.688. The zero-order chi connectivity index (χ0) is 18.6. The number of primary amides is 1. The van der Waals surface area contributed by atoms with Crippen molar-refractivity contribution < 1.29 is 14.3 Å². The van der Waals surface area contributed by atoms with Gasteiger partial charge in [0.2, 0.25) is 0 Å². The number of hydrogen-bond donors (Lipinski definition) is 3. The molecule has 0 bridgehead atoms. The molecule has 0 aliphatic rings. The molecular formula is C17H19N3O3S2. The van der Waals surface area contributed by atoms with Gasteiger partial charge < -0.3 is 15.8 Å². The topological polar surface area (TPSA) is 93.4 Å². The predicted molar refractivity (Wildman–Crippen MR) is 104 cm³/mol. The van der Waals surface area contributed by atoms with E-state index in [9.17, 15) is 9.59 Å². The first-order valence-corrected chi connectivity index (χ1v) is 8.78. The van der Waals surface area contributed by atoms with Gasteiger partial charge in [-0.05, 0) is 55.4 Å². The van der Waals surface area contributed by atoms with Crippen LogP contribution in [-0.4, -0.2) is 24.0 Å². The minimum atomic E-state index is -0.520. The van der Waals surface area contributed by atoms with Crippen molar-refractivity contribution in [2.45, 2.75) is 20.3 Å². The molecular weight excluding hydrogens is 358 g/mol. The van der Waals surface area contributed by atoms with Crippen molar-refractivity contribution in [1.29, 1.82) is 0 Å². The summed E-state index contributed by atoms with van der Waals surface area (Å²) in [4.78, 5) is 25.0. The number of ether oxygens (including phenoxy) is 1. The lowest BCUT2D eigenvalue weighted by Gasteiger charge is -2.10. The Bertz CT molecular complexity index is 813. The van der Waals surface area contributed by atoms with E-state index in [4.69, 9.17) is 22.7 Å². The molecule has 0 saturated carbocycles. The summed E-state index contributed by atoms with van der Waals surface area (Å²) in [5, 5.41) is 6.14. The van der Waals surface area contributed by atoms with Crippen molar-refractivity contribution in [3.8, 4) is 5.75 Å². The van der Waals surface area contributed by atoms with Crippen LogP contribution in [0.3, 0.4) is 0 Å². The Balaban J connectivity index is 2.12. The lowest BCUT2D eigenvalue weighted by atomic mass is 10.1. The highest BCUT2D eigenvalue weighted by Crippen LogP contribution is 2.33. The quantitative estimate of drug-likeness (QED) is 0.697. The molecule has 0 fully saturated rings. The highest BCUT2D eigenvalue weighted by Gasteiger charge is 2.20. The number of amides is 2. The Morgan fingerprint density at radius 3 is 2.44 bits per heavy atom. The molecule has 1 aromatic carbocycles. The van der Waals surface area contributed by atoms with E-state index in [2.05, 4.69) is 10.6 Å². The smallest absolute Gasteiger partial charge is 0.257 e. The van der Waals surface area contributed by atoms with Crippen molar-refractivity contribution in [2.75, 3.05) is 12.4 Å². The summed E-state index contributed by atoms with van der Waals surface area (Å²) < 4.78 is 5.06. The number of nitrogens with one attached hydrogen (secondary N) is 2. The summed E-state index contributed by atoms with van der Waals surface area (Å²) in [5.41, 5.74) is 7.24. The largest absolute Gasteiger partial charge is 0.497 e. The van der Waals surface area contributed by atoms with Crippen LogP contribution in [0, 0.1) is 6.92 Å². The Morgan fingerprint density at radius 2 is 1.92 bits per heavy atom. The molecule has 0 aliphatic carbocycles. The molecule has 132 valence electrons. The van der Waals surface area contributed by atoms with Gasteiger partial charge in [-0.25, -0.2) is 0 Å². The Kier molecular flexibility index (Phi) is 6.11. The maximum atomic E-state index is 12.2. The summed E-state index contributed by atoms with van der Waals surface area (Å²) in [7, 11) is 1.55. The van der Waals surface area contributed by atoms with Gasteiger partial charge in [0.1, 0.15) is 10.8 Å². The lowest BCUT2D eigenvalue weighted by molar-refractivity contribution is 0.0975. The molecule has 25 heavy (non-hydrogen) atoms. The number of hydrogen-bond acceptors (Lipinski definition) is 5. The van der Waals surface area contributed by atoms with Crippen molar-refractivity contribution >= 4 is 45.5 Å². The molecule has 0 radical (unpaired) electrons. The van der Waals surface area contributed by atoms with Gasteiger partial charge >= 0.3 is 0 Å². The summed E-state index contributed by atoms with van der Waals surface area (Å²) in [5.74, 6) is -0.220. The highest BCUT2D eigenvalue weighted by molar-refractivity contribution is 7.80. The van der Waals surface area contributed by atoms with E-state index in [1.165, 1.54) is 11.3 Å². The zero-order valence-electron chi connectivity index (χ0n) is 14.1. The minimum absolute atomic E-state index is 0.104. The fraction of sp³-hybridized carbons (Fsp3) is 0.235. The molecule has 1 heterocycles. The zero-order valence-corrected chi connectivity index (χ0v) is 15.8. The second-order valence-electron chi connectivity index (χ2n) is 5.20. The first-order valence-electron chi connectivity index (χ1n) is 7.55. The standard InChI is InChI=1S/C17H19N3O3S2/c1-4-12-9(2)25-16(13(12)14(18)21)20-17(24)19-15(22)10-5-7-11(23-3)8-6-10/h5-8H,4H2,1-3H3,(H2,18,21)(H2,19,20,22,24). The number of carbonyl (C=O) groups excluding carboxylic acids is 2. The van der Waals surface area contributed by atoms with E-state index < -0.39 is 5.91 Å². The molecule has 6 nitrogen and oxygen atoms in total. The number of carbonyl (C=O) groups is 2. The number of aryl methyl sites for hydroxylation is 1. The minimum Gasteiger partial charge on any atom is -0.497 e. The second-order valence-corrected chi connectivity index (χ2v) is 6.83. The Hall–Kier alpha value is -2.45. The maximum absolute atomic E-state index is 12.2. The van der Waals surface area contributed by atoms with Crippen LogP contribution in [0.4, 0.5) is 5.00 Å². The number of nitrogens with two attached hydrogens (primary N) is 1. The fourth-order valence-electron chi connectivity index (χ4n) is 2.41. The molecule has 0 unspecified atom stereocenters. The monoisotopic (exact) mass is 377 g/mol. The van der Waals surface area contributed by atoms with Crippen LogP contribution in [0.2, 0.25) is 0 Å².